The van der Waals surface area contributed by atoms with E-state index in [0.29, 0.717) is 16.8 Å². The van der Waals surface area contributed by atoms with Crippen LogP contribution in [0, 0.1) is 0 Å². The molecule has 0 amide bonds. The van der Waals surface area contributed by atoms with Crippen molar-refractivity contribution in [2.45, 2.75) is 39.2 Å². The van der Waals surface area contributed by atoms with Crippen LogP contribution in [0.4, 0.5) is 0 Å². The lowest BCUT2D eigenvalue weighted by Crippen LogP contribution is -2.25. The number of hydrogen-bond acceptors (Lipinski definition) is 5. The Bertz CT molecular complexity index is 931. The first-order valence-electron chi connectivity index (χ1n) is 8.88. The van der Waals surface area contributed by atoms with Crippen molar-refractivity contribution >= 4 is 27.5 Å². The number of thiophene rings is 1. The SMILES string of the molecule is CCCCCCOC(=O)Cn1cnc2scc(-c3ccccc3)c2c1=O. The van der Waals surface area contributed by atoms with Gasteiger partial charge in [0.1, 0.15) is 11.4 Å². The van der Waals surface area contributed by atoms with Gasteiger partial charge in [-0.15, -0.1) is 11.3 Å². The average Bonchev–Trinajstić information content (AvgIpc) is 3.09. The summed E-state index contributed by atoms with van der Waals surface area (Å²) in [6.45, 7) is 2.42. The van der Waals surface area contributed by atoms with Gasteiger partial charge in [0.05, 0.1) is 18.3 Å². The second-order valence-electron chi connectivity index (χ2n) is 6.15. The first kappa shape index (κ1) is 18.3. The van der Waals surface area contributed by atoms with Crippen molar-refractivity contribution in [2.24, 2.45) is 0 Å². The van der Waals surface area contributed by atoms with E-state index in [9.17, 15) is 9.59 Å². The number of carbonyl (C=O) groups excluding carboxylic acids is 1. The molecule has 2 heterocycles. The van der Waals surface area contributed by atoms with Crippen molar-refractivity contribution in [3.8, 4) is 11.1 Å². The summed E-state index contributed by atoms with van der Waals surface area (Å²) in [5, 5.41) is 2.49. The highest BCUT2D eigenvalue weighted by Gasteiger charge is 2.15. The zero-order valence-corrected chi connectivity index (χ0v) is 15.6. The second-order valence-corrected chi connectivity index (χ2v) is 7.01. The Labute approximate surface area is 156 Å². The van der Waals surface area contributed by atoms with Crippen LogP contribution in [0.3, 0.4) is 0 Å². The summed E-state index contributed by atoms with van der Waals surface area (Å²) in [6, 6.07) is 9.73. The summed E-state index contributed by atoms with van der Waals surface area (Å²) >= 11 is 1.43. The fourth-order valence-electron chi connectivity index (χ4n) is 2.81. The number of benzene rings is 1. The van der Waals surface area contributed by atoms with Crippen LogP contribution in [0.25, 0.3) is 21.3 Å². The van der Waals surface area contributed by atoms with Crippen molar-refractivity contribution in [3.05, 3.63) is 52.4 Å². The number of ether oxygens (including phenoxy) is 1. The molecule has 0 saturated heterocycles. The standard InChI is InChI=1S/C20H22N2O3S/c1-2-3-4-8-11-25-17(23)12-22-14-21-19-18(20(22)24)16(13-26-19)15-9-6-5-7-10-15/h5-7,9-10,13-14H,2-4,8,11-12H2,1H3. The van der Waals surface area contributed by atoms with E-state index in [1.54, 1.807) is 0 Å². The van der Waals surface area contributed by atoms with Gasteiger partial charge in [0, 0.05) is 10.9 Å². The lowest BCUT2D eigenvalue weighted by molar-refractivity contribution is -0.144. The quantitative estimate of drug-likeness (QED) is 0.439. The maximum Gasteiger partial charge on any atom is 0.326 e. The molecule has 1 aromatic carbocycles. The third-order valence-electron chi connectivity index (χ3n) is 4.21. The third kappa shape index (κ3) is 4.19. The fourth-order valence-corrected chi connectivity index (χ4v) is 3.72. The Hall–Kier alpha value is -2.47. The molecule has 3 aromatic rings. The molecule has 0 saturated carbocycles. The summed E-state index contributed by atoms with van der Waals surface area (Å²) in [5.74, 6) is -0.402. The van der Waals surface area contributed by atoms with Crippen molar-refractivity contribution in [3.63, 3.8) is 0 Å². The van der Waals surface area contributed by atoms with Gasteiger partial charge in [0.15, 0.2) is 0 Å². The zero-order valence-electron chi connectivity index (χ0n) is 14.8. The van der Waals surface area contributed by atoms with E-state index >= 15 is 0 Å². The smallest absolute Gasteiger partial charge is 0.326 e. The number of aromatic nitrogens is 2. The molecule has 0 fully saturated rings. The van der Waals surface area contributed by atoms with Crippen LogP contribution in [0.1, 0.15) is 32.6 Å². The monoisotopic (exact) mass is 370 g/mol. The number of fused-ring (bicyclic) bond motifs is 1. The van der Waals surface area contributed by atoms with Crippen LogP contribution in [-0.4, -0.2) is 22.1 Å². The number of nitrogens with zero attached hydrogens (tertiary/aromatic N) is 2. The summed E-state index contributed by atoms with van der Waals surface area (Å²) in [7, 11) is 0. The van der Waals surface area contributed by atoms with E-state index < -0.39 is 5.97 Å². The maximum atomic E-state index is 12.9. The van der Waals surface area contributed by atoms with Gasteiger partial charge < -0.3 is 4.74 Å². The molecule has 0 aliphatic carbocycles. The van der Waals surface area contributed by atoms with E-state index in [0.717, 1.165) is 36.8 Å². The predicted molar refractivity (Wildman–Crippen MR) is 104 cm³/mol. The van der Waals surface area contributed by atoms with Crippen LogP contribution in [0.2, 0.25) is 0 Å². The molecule has 26 heavy (non-hydrogen) atoms. The second kappa shape index (κ2) is 8.76. The number of carbonyl (C=O) groups is 1. The van der Waals surface area contributed by atoms with Gasteiger partial charge in [-0.2, -0.15) is 0 Å². The number of hydrogen-bond donors (Lipinski definition) is 0. The Morgan fingerprint density at radius 1 is 1.19 bits per heavy atom. The van der Waals surface area contributed by atoms with E-state index in [-0.39, 0.29) is 12.1 Å². The van der Waals surface area contributed by atoms with Crippen molar-refractivity contribution in [1.82, 2.24) is 9.55 Å². The highest BCUT2D eigenvalue weighted by molar-refractivity contribution is 7.17. The lowest BCUT2D eigenvalue weighted by Gasteiger charge is -2.07. The van der Waals surface area contributed by atoms with Crippen molar-refractivity contribution < 1.29 is 9.53 Å². The molecule has 0 radical (unpaired) electrons. The molecule has 0 aliphatic rings. The summed E-state index contributed by atoms with van der Waals surface area (Å²) < 4.78 is 6.56. The molecule has 0 atom stereocenters. The molecular weight excluding hydrogens is 348 g/mol. The van der Waals surface area contributed by atoms with Gasteiger partial charge in [-0.05, 0) is 12.0 Å². The minimum absolute atomic E-state index is 0.111. The Balaban J connectivity index is 1.77. The summed E-state index contributed by atoms with van der Waals surface area (Å²) in [5.41, 5.74) is 1.61. The Morgan fingerprint density at radius 3 is 2.77 bits per heavy atom. The van der Waals surface area contributed by atoms with Gasteiger partial charge in [0.25, 0.3) is 5.56 Å². The van der Waals surface area contributed by atoms with Crippen LogP contribution in [0.15, 0.2) is 46.8 Å². The van der Waals surface area contributed by atoms with Gasteiger partial charge >= 0.3 is 5.97 Å². The molecular formula is C20H22N2O3S. The maximum absolute atomic E-state index is 12.9. The van der Waals surface area contributed by atoms with Crippen molar-refractivity contribution in [2.75, 3.05) is 6.61 Å². The topological polar surface area (TPSA) is 61.2 Å². The number of unbranched alkanes of at least 4 members (excludes halogenated alkanes) is 3. The van der Waals surface area contributed by atoms with E-state index in [4.69, 9.17) is 4.74 Å². The number of rotatable bonds is 8. The highest BCUT2D eigenvalue weighted by Crippen LogP contribution is 2.30. The molecule has 136 valence electrons. The average molecular weight is 370 g/mol. The zero-order chi connectivity index (χ0) is 18.4. The van der Waals surface area contributed by atoms with E-state index in [2.05, 4.69) is 11.9 Å². The fraction of sp³-hybridized carbons (Fsp3) is 0.350. The van der Waals surface area contributed by atoms with Crippen LogP contribution < -0.4 is 5.56 Å². The molecule has 0 aliphatic heterocycles. The van der Waals surface area contributed by atoms with Gasteiger partial charge in [-0.3, -0.25) is 14.2 Å². The van der Waals surface area contributed by atoms with Crippen molar-refractivity contribution in [1.29, 1.82) is 0 Å². The Kier molecular flexibility index (Phi) is 6.17. The highest BCUT2D eigenvalue weighted by atomic mass is 32.1. The van der Waals surface area contributed by atoms with Crippen LogP contribution in [0.5, 0.6) is 0 Å². The van der Waals surface area contributed by atoms with E-state index in [1.165, 1.54) is 22.2 Å². The normalized spacial score (nSPS) is 11.0. The van der Waals surface area contributed by atoms with Gasteiger partial charge in [-0.1, -0.05) is 56.5 Å². The third-order valence-corrected chi connectivity index (χ3v) is 5.09. The molecule has 3 rings (SSSR count). The Morgan fingerprint density at radius 2 is 2.00 bits per heavy atom. The molecule has 0 bridgehead atoms. The molecule has 5 nitrogen and oxygen atoms in total. The van der Waals surface area contributed by atoms with Gasteiger partial charge in [-0.25, -0.2) is 4.98 Å². The number of esters is 1. The summed E-state index contributed by atoms with van der Waals surface area (Å²) in [4.78, 5) is 29.9. The molecule has 0 spiro atoms. The molecule has 0 unspecified atom stereocenters. The molecule has 2 aromatic heterocycles. The lowest BCUT2D eigenvalue weighted by atomic mass is 10.1. The predicted octanol–water partition coefficient (Wildman–Crippen LogP) is 4.25. The van der Waals surface area contributed by atoms with Crippen LogP contribution in [-0.2, 0) is 16.1 Å². The first-order valence-corrected chi connectivity index (χ1v) is 9.76. The minimum atomic E-state index is -0.402. The van der Waals surface area contributed by atoms with E-state index in [1.807, 2.05) is 35.7 Å². The minimum Gasteiger partial charge on any atom is -0.464 e. The first-order chi connectivity index (χ1) is 12.7. The molecule has 0 N–H and O–H groups in total. The van der Waals surface area contributed by atoms with Crippen LogP contribution >= 0.6 is 11.3 Å². The largest absolute Gasteiger partial charge is 0.464 e. The molecule has 6 heteroatoms. The van der Waals surface area contributed by atoms with Gasteiger partial charge in [0.2, 0.25) is 0 Å². The summed E-state index contributed by atoms with van der Waals surface area (Å²) in [6.07, 6.45) is 5.60.